The quantitative estimate of drug-likeness (QED) is 0.831. The highest BCUT2D eigenvalue weighted by molar-refractivity contribution is 5.08. The van der Waals surface area contributed by atoms with Gasteiger partial charge in [0, 0.05) is 35.9 Å². The maximum Gasteiger partial charge on any atom is 0.116 e. The van der Waals surface area contributed by atoms with E-state index in [2.05, 4.69) is 60.6 Å². The Bertz CT molecular complexity index is 499. The Morgan fingerprint density at radius 2 is 1.16 bits per heavy atom. The zero-order valence-electron chi connectivity index (χ0n) is 12.8. The Morgan fingerprint density at radius 3 is 1.47 bits per heavy atom. The van der Waals surface area contributed by atoms with E-state index in [4.69, 9.17) is 0 Å². The van der Waals surface area contributed by atoms with Gasteiger partial charge in [0.15, 0.2) is 0 Å². The van der Waals surface area contributed by atoms with Gasteiger partial charge in [0.05, 0.1) is 6.42 Å². The third kappa shape index (κ3) is 2.88. The molecule has 0 atom stereocenters. The summed E-state index contributed by atoms with van der Waals surface area (Å²) in [5.74, 6) is 2.12. The van der Waals surface area contributed by atoms with Gasteiger partial charge in [-0.05, 0) is 41.5 Å². The van der Waals surface area contributed by atoms with Crippen LogP contribution in [0.4, 0.5) is 0 Å². The third-order valence-electron chi connectivity index (χ3n) is 3.20. The third-order valence-corrected chi connectivity index (χ3v) is 3.20. The van der Waals surface area contributed by atoms with Crippen molar-refractivity contribution in [2.45, 2.75) is 59.0 Å². The van der Waals surface area contributed by atoms with Crippen molar-refractivity contribution in [3.8, 4) is 0 Å². The van der Waals surface area contributed by atoms with Crippen LogP contribution in [0.2, 0.25) is 0 Å². The van der Waals surface area contributed by atoms with Gasteiger partial charge in [-0.1, -0.05) is 0 Å². The van der Waals surface area contributed by atoms with E-state index in [-0.39, 0.29) is 11.1 Å². The molecule has 0 aliphatic rings. The van der Waals surface area contributed by atoms with E-state index in [0.717, 1.165) is 18.1 Å². The van der Waals surface area contributed by atoms with Gasteiger partial charge in [-0.15, -0.1) is 0 Å². The molecule has 2 rings (SSSR count). The SMILES string of the molecule is CC(C)(C)n1ccnc1Cc1nccn1C(C)(C)C. The summed E-state index contributed by atoms with van der Waals surface area (Å²) in [5.41, 5.74) is 0.0932. The van der Waals surface area contributed by atoms with Crippen molar-refractivity contribution in [3.05, 3.63) is 36.4 Å². The highest BCUT2D eigenvalue weighted by atomic mass is 15.1. The van der Waals surface area contributed by atoms with Gasteiger partial charge >= 0.3 is 0 Å². The molecule has 0 amide bonds. The molecule has 0 unspecified atom stereocenters. The number of aromatic nitrogens is 4. The maximum absolute atomic E-state index is 4.49. The molecule has 0 saturated heterocycles. The minimum atomic E-state index is 0.0466. The summed E-state index contributed by atoms with van der Waals surface area (Å²) < 4.78 is 4.43. The Hall–Kier alpha value is -1.58. The standard InChI is InChI=1S/C15H24N4/c1-14(2,3)18-9-7-16-12(18)11-13-17-8-10-19(13)15(4,5)6/h7-10H,11H2,1-6H3. The van der Waals surface area contributed by atoms with Crippen LogP contribution >= 0.6 is 0 Å². The zero-order chi connectivity index (χ0) is 14.3. The van der Waals surface area contributed by atoms with E-state index in [1.54, 1.807) is 0 Å². The minimum absolute atomic E-state index is 0.0466. The average Bonchev–Trinajstić information content (AvgIpc) is 2.83. The lowest BCUT2D eigenvalue weighted by Gasteiger charge is -2.25. The highest BCUT2D eigenvalue weighted by Gasteiger charge is 2.21. The molecule has 2 aromatic heterocycles. The van der Waals surface area contributed by atoms with Crippen LogP contribution in [0.1, 0.15) is 53.2 Å². The van der Waals surface area contributed by atoms with Crippen LogP contribution in [-0.4, -0.2) is 19.1 Å². The maximum atomic E-state index is 4.49. The van der Waals surface area contributed by atoms with E-state index >= 15 is 0 Å². The second kappa shape index (κ2) is 4.51. The van der Waals surface area contributed by atoms with Crippen LogP contribution in [0.3, 0.4) is 0 Å². The molecule has 0 aromatic carbocycles. The lowest BCUT2D eigenvalue weighted by atomic mass is 10.1. The molecule has 4 nitrogen and oxygen atoms in total. The normalized spacial score (nSPS) is 12.9. The van der Waals surface area contributed by atoms with E-state index in [0.29, 0.717) is 0 Å². The van der Waals surface area contributed by atoms with Gasteiger partial charge in [0.2, 0.25) is 0 Å². The van der Waals surface area contributed by atoms with Crippen LogP contribution in [0.15, 0.2) is 24.8 Å². The average molecular weight is 260 g/mol. The molecule has 0 aliphatic heterocycles. The molecule has 0 fully saturated rings. The molecule has 0 aliphatic carbocycles. The number of rotatable bonds is 2. The summed E-state index contributed by atoms with van der Waals surface area (Å²) in [6.45, 7) is 13.1. The van der Waals surface area contributed by atoms with Crippen molar-refractivity contribution in [2.24, 2.45) is 0 Å². The molecule has 2 heterocycles. The fourth-order valence-corrected chi connectivity index (χ4v) is 2.29. The summed E-state index contributed by atoms with van der Waals surface area (Å²) in [7, 11) is 0. The van der Waals surface area contributed by atoms with Crippen LogP contribution < -0.4 is 0 Å². The fraction of sp³-hybridized carbons (Fsp3) is 0.600. The Labute approximate surface area is 115 Å². The summed E-state index contributed by atoms with van der Waals surface area (Å²) >= 11 is 0. The molecule has 19 heavy (non-hydrogen) atoms. The van der Waals surface area contributed by atoms with Gasteiger partial charge in [-0.3, -0.25) is 0 Å². The Morgan fingerprint density at radius 1 is 0.789 bits per heavy atom. The molecule has 0 bridgehead atoms. The van der Waals surface area contributed by atoms with Crippen LogP contribution in [-0.2, 0) is 17.5 Å². The number of imidazole rings is 2. The first-order chi connectivity index (χ1) is 8.69. The first-order valence-electron chi connectivity index (χ1n) is 6.75. The number of nitrogens with zero attached hydrogens (tertiary/aromatic N) is 4. The predicted octanol–water partition coefficient (Wildman–Crippen LogP) is 3.18. The van der Waals surface area contributed by atoms with Crippen molar-refractivity contribution < 1.29 is 0 Å². The lowest BCUT2D eigenvalue weighted by molar-refractivity contribution is 0.370. The molecule has 0 spiro atoms. The zero-order valence-corrected chi connectivity index (χ0v) is 12.8. The van der Waals surface area contributed by atoms with Crippen molar-refractivity contribution in [1.29, 1.82) is 0 Å². The summed E-state index contributed by atoms with van der Waals surface area (Å²) in [6.07, 6.45) is 8.57. The molecule has 104 valence electrons. The molecule has 0 saturated carbocycles. The molecule has 2 aromatic rings. The van der Waals surface area contributed by atoms with Gasteiger partial charge in [0.1, 0.15) is 11.6 Å². The molecular formula is C15H24N4. The second-order valence-electron chi connectivity index (χ2n) is 6.95. The number of hydrogen-bond donors (Lipinski definition) is 0. The first kappa shape index (κ1) is 13.8. The second-order valence-corrected chi connectivity index (χ2v) is 6.95. The predicted molar refractivity (Wildman–Crippen MR) is 77.3 cm³/mol. The minimum Gasteiger partial charge on any atom is -0.329 e. The Balaban J connectivity index is 2.33. The molecule has 0 N–H and O–H groups in total. The molecule has 0 radical (unpaired) electrons. The van der Waals surface area contributed by atoms with Gasteiger partial charge in [-0.2, -0.15) is 0 Å². The summed E-state index contributed by atoms with van der Waals surface area (Å²) in [4.78, 5) is 8.98. The summed E-state index contributed by atoms with van der Waals surface area (Å²) in [6, 6.07) is 0. The summed E-state index contributed by atoms with van der Waals surface area (Å²) in [5, 5.41) is 0. The topological polar surface area (TPSA) is 35.6 Å². The van der Waals surface area contributed by atoms with E-state index in [1.165, 1.54) is 0 Å². The van der Waals surface area contributed by atoms with Crippen molar-refractivity contribution in [1.82, 2.24) is 19.1 Å². The monoisotopic (exact) mass is 260 g/mol. The lowest BCUT2D eigenvalue weighted by Crippen LogP contribution is -2.26. The molecular weight excluding hydrogens is 236 g/mol. The van der Waals surface area contributed by atoms with Crippen LogP contribution in [0.5, 0.6) is 0 Å². The van der Waals surface area contributed by atoms with E-state index in [1.807, 2.05) is 24.8 Å². The van der Waals surface area contributed by atoms with Gasteiger partial charge in [0.25, 0.3) is 0 Å². The largest absolute Gasteiger partial charge is 0.329 e. The van der Waals surface area contributed by atoms with Crippen LogP contribution in [0, 0.1) is 0 Å². The Kier molecular flexibility index (Phi) is 3.29. The van der Waals surface area contributed by atoms with Crippen molar-refractivity contribution >= 4 is 0 Å². The smallest absolute Gasteiger partial charge is 0.116 e. The fourth-order valence-electron chi connectivity index (χ4n) is 2.29. The number of hydrogen-bond acceptors (Lipinski definition) is 2. The van der Waals surface area contributed by atoms with Crippen LogP contribution in [0.25, 0.3) is 0 Å². The molecule has 4 heteroatoms. The van der Waals surface area contributed by atoms with E-state index < -0.39 is 0 Å². The first-order valence-corrected chi connectivity index (χ1v) is 6.75. The highest BCUT2D eigenvalue weighted by Crippen LogP contribution is 2.21. The van der Waals surface area contributed by atoms with E-state index in [9.17, 15) is 0 Å². The van der Waals surface area contributed by atoms with Crippen molar-refractivity contribution in [2.75, 3.05) is 0 Å². The van der Waals surface area contributed by atoms with Gasteiger partial charge in [-0.25, -0.2) is 9.97 Å². The van der Waals surface area contributed by atoms with Crippen molar-refractivity contribution in [3.63, 3.8) is 0 Å². The van der Waals surface area contributed by atoms with Gasteiger partial charge < -0.3 is 9.13 Å².